The molecule has 1 fully saturated rings. The van der Waals surface area contributed by atoms with Gasteiger partial charge in [0.05, 0.1) is 12.5 Å². The third-order valence-electron chi connectivity index (χ3n) is 3.90. The second kappa shape index (κ2) is 8.04. The molecular weight excluding hydrogens is 344 g/mol. The number of rotatable bonds is 6. The van der Waals surface area contributed by atoms with Crippen molar-refractivity contribution in [3.8, 4) is 12.3 Å². The van der Waals surface area contributed by atoms with Gasteiger partial charge in [-0.25, -0.2) is 9.69 Å². The molecule has 1 saturated heterocycles. The summed E-state index contributed by atoms with van der Waals surface area (Å²) in [6.07, 6.45) is 5.16. The van der Waals surface area contributed by atoms with E-state index in [-0.39, 0.29) is 19.0 Å². The maximum Gasteiger partial charge on any atom is 0.330 e. The molecule has 2 rings (SSSR count). The van der Waals surface area contributed by atoms with Crippen LogP contribution in [0, 0.1) is 18.3 Å². The van der Waals surface area contributed by atoms with Crippen LogP contribution in [0.25, 0.3) is 0 Å². The van der Waals surface area contributed by atoms with Gasteiger partial charge in [-0.05, 0) is 23.6 Å². The number of hydrogen-bond donors (Lipinski definition) is 0. The van der Waals surface area contributed by atoms with E-state index in [0.717, 1.165) is 10.5 Å². The number of esters is 1. The lowest BCUT2D eigenvalue weighted by molar-refractivity contribution is -0.151. The van der Waals surface area contributed by atoms with Crippen molar-refractivity contribution in [3.05, 3.63) is 34.9 Å². The summed E-state index contributed by atoms with van der Waals surface area (Å²) in [6, 6.07) is 6.36. The Balaban J connectivity index is 2.05. The highest BCUT2D eigenvalue weighted by Crippen LogP contribution is 2.27. The largest absolute Gasteiger partial charge is 0.443 e. The number of imide groups is 1. The monoisotopic (exact) mass is 362 g/mol. The summed E-state index contributed by atoms with van der Waals surface area (Å²) in [5, 5.41) is 0.571. The number of hydrogen-bond acceptors (Lipinski definition) is 4. The molecule has 6 nitrogen and oxygen atoms in total. The highest BCUT2D eigenvalue weighted by atomic mass is 35.5. The Labute approximate surface area is 151 Å². The van der Waals surface area contributed by atoms with Crippen LogP contribution in [-0.2, 0) is 14.3 Å². The molecule has 1 aromatic carbocycles. The van der Waals surface area contributed by atoms with E-state index in [0.29, 0.717) is 5.02 Å². The highest BCUT2D eigenvalue weighted by molar-refractivity contribution is 6.30. The van der Waals surface area contributed by atoms with Crippen molar-refractivity contribution >= 4 is 29.5 Å². The fourth-order valence-electron chi connectivity index (χ4n) is 2.64. The Hall–Kier alpha value is -2.52. The van der Waals surface area contributed by atoms with Crippen LogP contribution < -0.4 is 0 Å². The van der Waals surface area contributed by atoms with Gasteiger partial charge >= 0.3 is 12.0 Å². The van der Waals surface area contributed by atoms with E-state index >= 15 is 0 Å². The normalized spacial score (nSPS) is 15.5. The van der Waals surface area contributed by atoms with E-state index in [1.807, 2.05) is 13.8 Å². The van der Waals surface area contributed by atoms with Gasteiger partial charge in [0.25, 0.3) is 5.91 Å². The zero-order chi connectivity index (χ0) is 18.6. The lowest BCUT2D eigenvalue weighted by Gasteiger charge is -2.22. The fraction of sp³-hybridized carbons (Fsp3) is 0.389. The summed E-state index contributed by atoms with van der Waals surface area (Å²) in [5.41, 5.74) is 0.762. The third-order valence-corrected chi connectivity index (χ3v) is 4.15. The highest BCUT2D eigenvalue weighted by Gasteiger charge is 2.37. The van der Waals surface area contributed by atoms with Crippen molar-refractivity contribution < 1.29 is 19.1 Å². The lowest BCUT2D eigenvalue weighted by atomic mass is 9.88. The van der Waals surface area contributed by atoms with Crippen LogP contribution in [0.3, 0.4) is 0 Å². The molecule has 1 heterocycles. The number of ether oxygens (including phenoxy) is 1. The lowest BCUT2D eigenvalue weighted by Crippen LogP contribution is -2.36. The van der Waals surface area contributed by atoms with Crippen LogP contribution in [0.2, 0.25) is 5.02 Å². The molecule has 7 heteroatoms. The Bertz CT molecular complexity index is 709. The zero-order valence-electron chi connectivity index (χ0n) is 14.1. The van der Waals surface area contributed by atoms with Crippen LogP contribution >= 0.6 is 11.6 Å². The van der Waals surface area contributed by atoms with Crippen molar-refractivity contribution in [2.45, 2.75) is 19.8 Å². The van der Waals surface area contributed by atoms with Gasteiger partial charge < -0.3 is 9.64 Å². The fourth-order valence-corrected chi connectivity index (χ4v) is 2.76. The Kier molecular flexibility index (Phi) is 6.05. The van der Waals surface area contributed by atoms with Crippen molar-refractivity contribution in [1.82, 2.24) is 9.80 Å². The third kappa shape index (κ3) is 4.31. The van der Waals surface area contributed by atoms with Crippen LogP contribution in [0.15, 0.2) is 24.3 Å². The first-order chi connectivity index (χ1) is 11.8. The van der Waals surface area contributed by atoms with Crippen LogP contribution in [0.4, 0.5) is 4.79 Å². The smallest absolute Gasteiger partial charge is 0.330 e. The number of amides is 3. The van der Waals surface area contributed by atoms with Gasteiger partial charge in [-0.15, -0.1) is 6.42 Å². The number of nitrogens with zero attached hydrogens (tertiary/aromatic N) is 2. The SMILES string of the molecule is C#CCN1CC(=O)N(COC(=O)C(c2ccc(Cl)cc2)C(C)C)C1=O. The molecule has 1 aliphatic heterocycles. The summed E-state index contributed by atoms with van der Waals surface area (Å²) in [4.78, 5) is 38.5. The molecule has 0 saturated carbocycles. The first kappa shape index (κ1) is 18.8. The van der Waals surface area contributed by atoms with Gasteiger partial charge in [-0.3, -0.25) is 9.59 Å². The number of carbonyl (C=O) groups excluding carboxylic acids is 3. The van der Waals surface area contributed by atoms with Crippen molar-refractivity contribution in [2.24, 2.45) is 5.92 Å². The average molecular weight is 363 g/mol. The number of halogens is 1. The number of benzene rings is 1. The van der Waals surface area contributed by atoms with Crippen LogP contribution in [-0.4, -0.2) is 47.5 Å². The van der Waals surface area contributed by atoms with Gasteiger partial charge in [0.2, 0.25) is 0 Å². The van der Waals surface area contributed by atoms with Gasteiger partial charge in [0.1, 0.15) is 6.54 Å². The van der Waals surface area contributed by atoms with E-state index < -0.39 is 30.6 Å². The maximum absolute atomic E-state index is 12.5. The van der Waals surface area contributed by atoms with Gasteiger partial charge in [0, 0.05) is 5.02 Å². The predicted octanol–water partition coefficient (Wildman–Crippen LogP) is 2.48. The molecule has 0 spiro atoms. The Morgan fingerprint density at radius 2 is 1.96 bits per heavy atom. The van der Waals surface area contributed by atoms with Gasteiger partial charge in [0.15, 0.2) is 6.73 Å². The van der Waals surface area contributed by atoms with Crippen LogP contribution in [0.5, 0.6) is 0 Å². The molecule has 1 aliphatic rings. The van der Waals surface area contributed by atoms with E-state index in [2.05, 4.69) is 5.92 Å². The van der Waals surface area contributed by atoms with Crippen molar-refractivity contribution in [3.63, 3.8) is 0 Å². The van der Waals surface area contributed by atoms with E-state index in [1.54, 1.807) is 24.3 Å². The molecule has 1 aromatic rings. The standard InChI is InChI=1S/C18H19ClN2O4/c1-4-9-20-10-15(22)21(18(20)24)11-25-17(23)16(12(2)3)13-5-7-14(19)8-6-13/h1,5-8,12,16H,9-11H2,2-3H3. The Morgan fingerprint density at radius 1 is 1.32 bits per heavy atom. The first-order valence-corrected chi connectivity index (χ1v) is 8.17. The van der Waals surface area contributed by atoms with E-state index in [1.165, 1.54) is 4.90 Å². The minimum atomic E-state index is -0.552. The molecular formula is C18H19ClN2O4. The minimum Gasteiger partial charge on any atom is -0.443 e. The number of carbonyl (C=O) groups is 3. The van der Waals surface area contributed by atoms with Crippen LogP contribution in [0.1, 0.15) is 25.3 Å². The Morgan fingerprint density at radius 3 is 2.52 bits per heavy atom. The molecule has 0 bridgehead atoms. The molecule has 132 valence electrons. The molecule has 0 N–H and O–H groups in total. The first-order valence-electron chi connectivity index (χ1n) is 7.80. The molecule has 1 atom stereocenters. The predicted molar refractivity (Wildman–Crippen MR) is 92.6 cm³/mol. The van der Waals surface area contributed by atoms with E-state index in [9.17, 15) is 14.4 Å². The molecule has 25 heavy (non-hydrogen) atoms. The molecule has 3 amide bonds. The molecule has 0 aliphatic carbocycles. The quantitative estimate of drug-likeness (QED) is 0.443. The second-order valence-electron chi connectivity index (χ2n) is 6.03. The van der Waals surface area contributed by atoms with Crippen molar-refractivity contribution in [2.75, 3.05) is 19.8 Å². The summed E-state index contributed by atoms with van der Waals surface area (Å²) in [7, 11) is 0. The zero-order valence-corrected chi connectivity index (χ0v) is 14.8. The van der Waals surface area contributed by atoms with Gasteiger partial charge in [-0.1, -0.05) is 43.5 Å². The second-order valence-corrected chi connectivity index (χ2v) is 6.47. The molecule has 0 aromatic heterocycles. The topological polar surface area (TPSA) is 66.9 Å². The molecule has 1 unspecified atom stereocenters. The maximum atomic E-state index is 12.5. The average Bonchev–Trinajstić information content (AvgIpc) is 2.81. The summed E-state index contributed by atoms with van der Waals surface area (Å²) < 4.78 is 5.24. The van der Waals surface area contributed by atoms with E-state index in [4.69, 9.17) is 22.8 Å². The minimum absolute atomic E-state index is 0.0309. The number of terminal acetylenes is 1. The van der Waals surface area contributed by atoms with Crippen molar-refractivity contribution in [1.29, 1.82) is 0 Å². The number of urea groups is 1. The molecule has 0 radical (unpaired) electrons. The summed E-state index contributed by atoms with van der Waals surface area (Å²) >= 11 is 5.88. The van der Waals surface area contributed by atoms with Gasteiger partial charge in [-0.2, -0.15) is 0 Å². The summed E-state index contributed by atoms with van der Waals surface area (Å²) in [5.74, 6) is 0.811. The summed E-state index contributed by atoms with van der Waals surface area (Å²) in [6.45, 7) is 3.29.